The summed E-state index contributed by atoms with van der Waals surface area (Å²) in [4.78, 5) is 0. The van der Waals surface area contributed by atoms with Gasteiger partial charge in [-0.15, -0.1) is 0 Å². The van der Waals surface area contributed by atoms with Crippen LogP contribution in [0, 0.1) is 0 Å². The molecule has 0 aliphatic heterocycles. The summed E-state index contributed by atoms with van der Waals surface area (Å²) in [7, 11) is 0. The maximum atomic E-state index is 6.94. The first-order valence-corrected chi connectivity index (χ1v) is 24.1. The van der Waals surface area contributed by atoms with Crippen LogP contribution >= 0.6 is 11.6 Å². The van der Waals surface area contributed by atoms with Crippen molar-refractivity contribution in [1.82, 2.24) is 0 Å². The molecule has 51 heavy (non-hydrogen) atoms. The van der Waals surface area contributed by atoms with Crippen LogP contribution in [0.1, 0.15) is 70.2 Å². The fourth-order valence-electron chi connectivity index (χ4n) is 8.70. The van der Waals surface area contributed by atoms with Gasteiger partial charge in [-0.05, 0) is 0 Å². The third kappa shape index (κ3) is 5.73. The Hall–Kier alpha value is -3.90. The van der Waals surface area contributed by atoms with Gasteiger partial charge in [-0.2, -0.15) is 0 Å². The van der Waals surface area contributed by atoms with Gasteiger partial charge in [-0.1, -0.05) is 0 Å². The van der Waals surface area contributed by atoms with E-state index in [0.29, 0.717) is 0 Å². The number of allylic oxidation sites excluding steroid dienone is 4. The van der Waals surface area contributed by atoms with Crippen molar-refractivity contribution in [2.45, 2.75) is 65.2 Å². The molecule has 0 fully saturated rings. The van der Waals surface area contributed by atoms with E-state index < -0.39 is 19.8 Å². The van der Waals surface area contributed by atoms with Crippen molar-refractivity contribution in [3.8, 4) is 33.4 Å². The fourth-order valence-corrected chi connectivity index (χ4v) is 19.5. The molecule has 253 valence electrons. The van der Waals surface area contributed by atoms with Crippen molar-refractivity contribution < 1.29 is 19.8 Å². The van der Waals surface area contributed by atoms with E-state index in [9.17, 15) is 0 Å². The Morgan fingerprint density at radius 3 is 1.90 bits per heavy atom. The van der Waals surface area contributed by atoms with Gasteiger partial charge in [0.05, 0.1) is 0 Å². The molecule has 0 aromatic heterocycles. The summed E-state index contributed by atoms with van der Waals surface area (Å²) >= 11 is 2.87. The molecule has 1 unspecified atom stereocenters. The van der Waals surface area contributed by atoms with Crippen LogP contribution < -0.4 is 6.54 Å². The molecule has 0 amide bonds. The average molecular weight is 762 g/mol. The minimum atomic E-state index is -4.07. The molecule has 0 radical (unpaired) electrons. The summed E-state index contributed by atoms with van der Waals surface area (Å²) in [5, 5.41) is 3.16. The Morgan fingerprint density at radius 1 is 0.627 bits per heavy atom. The van der Waals surface area contributed by atoms with Gasteiger partial charge in [0.2, 0.25) is 0 Å². The zero-order valence-electron chi connectivity index (χ0n) is 30.7. The topological polar surface area (TPSA) is 0 Å². The van der Waals surface area contributed by atoms with Gasteiger partial charge in [0, 0.05) is 0 Å². The van der Waals surface area contributed by atoms with E-state index in [1.807, 2.05) is 6.07 Å². The quantitative estimate of drug-likeness (QED) is 0.164. The van der Waals surface area contributed by atoms with Crippen molar-refractivity contribution >= 4 is 33.1 Å². The number of fused-ring (bicyclic) bond motifs is 4. The molecule has 0 saturated carbocycles. The van der Waals surface area contributed by atoms with Gasteiger partial charge >= 0.3 is 316 Å². The zero-order chi connectivity index (χ0) is 35.7. The van der Waals surface area contributed by atoms with Crippen LogP contribution in [-0.4, -0.2) is 4.21 Å². The number of hydrogen-bond acceptors (Lipinski definition) is 0. The maximum absolute atomic E-state index is 6.94. The Balaban J connectivity index is 1.54. The Bertz CT molecular complexity index is 2450. The van der Waals surface area contributed by atoms with Crippen LogP contribution in [0.2, 0.25) is 5.02 Å². The van der Waals surface area contributed by atoms with Crippen LogP contribution in [0.5, 0.6) is 0 Å². The molecular weight excluding hydrogens is 715 g/mol. The van der Waals surface area contributed by atoms with Crippen molar-refractivity contribution in [1.29, 1.82) is 0 Å². The standard InChI is InChI=1S/C33H33.C10H6Cl.C5H5.CH2.Zr/c1-32(2,3)30-20-26-24(18-28(30)22-13-9-7-10-14-22)17-25-19-29(23-15-11-8-12-16-23)31(21-27(25)26)33(4,5)6;11-10-7-3-5-8-4-1-2-6-9(8)10;1-2-4-5-3-1;;/h7-16,18,20-21H,17H2,1-6H3;1-3,5-7H;1-3H,4H2;1H2;. The number of rotatable bonds is 5. The summed E-state index contributed by atoms with van der Waals surface area (Å²) in [6, 6.07) is 43.0. The first kappa shape index (κ1) is 34.2. The Morgan fingerprint density at radius 2 is 1.25 bits per heavy atom. The Labute approximate surface area is 313 Å². The SMILES string of the molecule is [CH2]=[Zr]([C]1=CC=CC1)([c]1c2c(cc(C(C)(C)C)c1-c1ccccc1)-c1cc(C(C)(C)C)c(-c3ccccc3)cc1C2)[c]1cccc2c(Cl)cccc12. The second-order valence-corrected chi connectivity index (χ2v) is 25.5. The minimum absolute atomic E-state index is 0.0273. The van der Waals surface area contributed by atoms with Gasteiger partial charge in [0.15, 0.2) is 0 Å². The van der Waals surface area contributed by atoms with E-state index in [0.717, 1.165) is 23.3 Å². The summed E-state index contributed by atoms with van der Waals surface area (Å²) in [5.41, 5.74) is 13.6. The molecular formula is C49H46ClZr. The van der Waals surface area contributed by atoms with E-state index in [-0.39, 0.29) is 10.8 Å². The number of hydrogen-bond donors (Lipinski definition) is 0. The predicted octanol–water partition coefficient (Wildman–Crippen LogP) is 12.4. The van der Waals surface area contributed by atoms with E-state index in [2.05, 4.69) is 169 Å². The van der Waals surface area contributed by atoms with E-state index >= 15 is 0 Å². The van der Waals surface area contributed by atoms with Crippen molar-refractivity contribution in [3.63, 3.8) is 0 Å². The molecule has 0 heterocycles. The molecule has 1 atom stereocenters. The number of halogens is 1. The fraction of sp³-hybridized carbons (Fsp3) is 0.204. The zero-order valence-corrected chi connectivity index (χ0v) is 33.9. The third-order valence-electron chi connectivity index (χ3n) is 11.2. The molecule has 6 aromatic rings. The molecule has 0 spiro atoms. The van der Waals surface area contributed by atoms with Crippen LogP contribution in [0.15, 0.2) is 137 Å². The molecule has 0 N–H and O–H groups in total. The summed E-state index contributed by atoms with van der Waals surface area (Å²) in [6.45, 7) is 14.2. The molecule has 2 heteroatoms. The second kappa shape index (κ2) is 12.7. The second-order valence-electron chi connectivity index (χ2n) is 16.5. The van der Waals surface area contributed by atoms with Crippen molar-refractivity contribution in [2.75, 3.05) is 0 Å². The molecule has 0 saturated heterocycles. The van der Waals surface area contributed by atoms with Gasteiger partial charge in [0.1, 0.15) is 0 Å². The van der Waals surface area contributed by atoms with Gasteiger partial charge in [-0.25, -0.2) is 0 Å². The molecule has 0 bridgehead atoms. The predicted molar refractivity (Wildman–Crippen MR) is 220 cm³/mol. The van der Waals surface area contributed by atoms with Crippen LogP contribution in [0.3, 0.4) is 0 Å². The third-order valence-corrected chi connectivity index (χ3v) is 21.9. The van der Waals surface area contributed by atoms with E-state index in [1.54, 1.807) is 0 Å². The van der Waals surface area contributed by atoms with Crippen molar-refractivity contribution in [3.05, 3.63) is 164 Å². The first-order valence-electron chi connectivity index (χ1n) is 18.3. The summed E-state index contributed by atoms with van der Waals surface area (Å²) in [6.07, 6.45) is 8.84. The van der Waals surface area contributed by atoms with Crippen molar-refractivity contribution in [2.24, 2.45) is 0 Å². The first-order chi connectivity index (χ1) is 24.4. The van der Waals surface area contributed by atoms with Gasteiger partial charge < -0.3 is 0 Å². The molecule has 8 rings (SSSR count). The normalized spacial score (nSPS) is 15.1. The summed E-state index contributed by atoms with van der Waals surface area (Å²) < 4.78 is 10.0. The average Bonchev–Trinajstić information content (AvgIpc) is 3.79. The molecule has 6 aromatic carbocycles. The van der Waals surface area contributed by atoms with Crippen LogP contribution in [-0.2, 0) is 37.0 Å². The molecule has 0 nitrogen and oxygen atoms in total. The molecule has 2 aliphatic carbocycles. The van der Waals surface area contributed by atoms with E-state index in [1.165, 1.54) is 70.8 Å². The number of benzene rings is 6. The van der Waals surface area contributed by atoms with Crippen LogP contribution in [0.4, 0.5) is 0 Å². The summed E-state index contributed by atoms with van der Waals surface area (Å²) in [5.74, 6) is 0. The van der Waals surface area contributed by atoms with Gasteiger partial charge in [0.25, 0.3) is 0 Å². The van der Waals surface area contributed by atoms with Gasteiger partial charge in [-0.3, -0.25) is 0 Å². The van der Waals surface area contributed by atoms with E-state index in [4.69, 9.17) is 15.8 Å². The molecule has 2 aliphatic rings. The monoisotopic (exact) mass is 759 g/mol. The Kier molecular flexibility index (Phi) is 8.48. The van der Waals surface area contributed by atoms with Crippen LogP contribution in [0.25, 0.3) is 44.2 Å².